The average Bonchev–Trinajstić information content (AvgIpc) is 2.85. The molecule has 0 aliphatic rings. The molecule has 0 amide bonds. The van der Waals surface area contributed by atoms with E-state index in [4.69, 9.17) is 22.0 Å². The average molecular weight is 293 g/mol. The standard InChI is InChI=1S/C13H9ClN2O2S/c14-10-2-1-8(5-15)12(4-10)16-6-11-3-9(7-19-11)13(17)18/h1-4,7,16H,6H2,(H,17,18). The Bertz CT molecular complexity index is 661. The minimum Gasteiger partial charge on any atom is -0.478 e. The minimum atomic E-state index is -0.942. The van der Waals surface area contributed by atoms with Gasteiger partial charge in [-0.15, -0.1) is 11.3 Å². The molecule has 0 saturated heterocycles. The third-order valence-electron chi connectivity index (χ3n) is 2.46. The van der Waals surface area contributed by atoms with Crippen LogP contribution in [0.1, 0.15) is 20.8 Å². The lowest BCUT2D eigenvalue weighted by Gasteiger charge is -2.07. The topological polar surface area (TPSA) is 73.1 Å². The lowest BCUT2D eigenvalue weighted by molar-refractivity contribution is 0.0697. The zero-order valence-electron chi connectivity index (χ0n) is 9.68. The van der Waals surface area contributed by atoms with Crippen LogP contribution in [0.2, 0.25) is 5.02 Å². The van der Waals surface area contributed by atoms with Gasteiger partial charge in [0.15, 0.2) is 0 Å². The Morgan fingerprint density at radius 2 is 2.26 bits per heavy atom. The first-order valence-electron chi connectivity index (χ1n) is 5.34. The second-order valence-corrected chi connectivity index (χ2v) is 5.19. The van der Waals surface area contributed by atoms with Crippen molar-refractivity contribution < 1.29 is 9.90 Å². The quantitative estimate of drug-likeness (QED) is 0.903. The van der Waals surface area contributed by atoms with E-state index < -0.39 is 5.97 Å². The van der Waals surface area contributed by atoms with Crippen molar-refractivity contribution in [3.63, 3.8) is 0 Å². The zero-order valence-corrected chi connectivity index (χ0v) is 11.3. The number of halogens is 1. The third-order valence-corrected chi connectivity index (χ3v) is 3.63. The summed E-state index contributed by atoms with van der Waals surface area (Å²) in [6.07, 6.45) is 0. The van der Waals surface area contributed by atoms with Crippen molar-refractivity contribution in [3.8, 4) is 6.07 Å². The van der Waals surface area contributed by atoms with Gasteiger partial charge < -0.3 is 10.4 Å². The lowest BCUT2D eigenvalue weighted by Crippen LogP contribution is -2.00. The number of anilines is 1. The highest BCUT2D eigenvalue weighted by Gasteiger charge is 2.07. The van der Waals surface area contributed by atoms with Crippen molar-refractivity contribution in [3.05, 3.63) is 50.7 Å². The summed E-state index contributed by atoms with van der Waals surface area (Å²) in [6, 6.07) is 8.64. The van der Waals surface area contributed by atoms with Crippen molar-refractivity contribution in [2.24, 2.45) is 0 Å². The molecule has 2 aromatic rings. The number of nitriles is 1. The van der Waals surface area contributed by atoms with Gasteiger partial charge in [0.25, 0.3) is 0 Å². The molecule has 0 unspecified atom stereocenters. The van der Waals surface area contributed by atoms with Crippen LogP contribution >= 0.6 is 22.9 Å². The number of hydrogen-bond donors (Lipinski definition) is 2. The minimum absolute atomic E-state index is 0.272. The first kappa shape index (κ1) is 13.4. The van der Waals surface area contributed by atoms with Crippen molar-refractivity contribution in [1.29, 1.82) is 5.26 Å². The van der Waals surface area contributed by atoms with Crippen LogP contribution in [0.5, 0.6) is 0 Å². The van der Waals surface area contributed by atoms with Gasteiger partial charge in [-0.05, 0) is 24.3 Å². The monoisotopic (exact) mass is 292 g/mol. The molecule has 96 valence electrons. The molecule has 0 aliphatic carbocycles. The second kappa shape index (κ2) is 5.74. The van der Waals surface area contributed by atoms with Gasteiger partial charge in [-0.2, -0.15) is 5.26 Å². The van der Waals surface area contributed by atoms with E-state index in [0.29, 0.717) is 22.8 Å². The van der Waals surface area contributed by atoms with Crippen molar-refractivity contribution in [1.82, 2.24) is 0 Å². The Balaban J connectivity index is 2.12. The van der Waals surface area contributed by atoms with Gasteiger partial charge in [0.05, 0.1) is 16.8 Å². The number of nitrogens with zero attached hydrogens (tertiary/aromatic N) is 1. The highest BCUT2D eigenvalue weighted by atomic mass is 35.5. The van der Waals surface area contributed by atoms with Crippen LogP contribution in [0, 0.1) is 11.3 Å². The summed E-state index contributed by atoms with van der Waals surface area (Å²) in [7, 11) is 0. The summed E-state index contributed by atoms with van der Waals surface area (Å²) in [5.74, 6) is -0.942. The maximum atomic E-state index is 10.8. The smallest absolute Gasteiger partial charge is 0.336 e. The number of carbonyl (C=O) groups is 1. The Kier molecular flexibility index (Phi) is 4.05. The van der Waals surface area contributed by atoms with E-state index in [2.05, 4.69) is 11.4 Å². The van der Waals surface area contributed by atoms with Crippen LogP contribution < -0.4 is 5.32 Å². The number of aromatic carboxylic acids is 1. The lowest BCUT2D eigenvalue weighted by atomic mass is 10.2. The van der Waals surface area contributed by atoms with Gasteiger partial charge in [0.1, 0.15) is 6.07 Å². The van der Waals surface area contributed by atoms with E-state index in [-0.39, 0.29) is 5.56 Å². The number of thiophene rings is 1. The van der Waals surface area contributed by atoms with Crippen molar-refractivity contribution in [2.75, 3.05) is 5.32 Å². The molecular formula is C13H9ClN2O2S. The van der Waals surface area contributed by atoms with Crippen LogP contribution in [-0.2, 0) is 6.54 Å². The predicted octanol–water partition coefficient (Wildman–Crippen LogP) is 3.58. The fraction of sp³-hybridized carbons (Fsp3) is 0.0769. The Morgan fingerprint density at radius 1 is 1.47 bits per heavy atom. The highest BCUT2D eigenvalue weighted by Crippen LogP contribution is 2.22. The molecule has 6 heteroatoms. The molecule has 2 N–H and O–H groups in total. The first-order chi connectivity index (χ1) is 9.10. The number of carboxylic acid groups (broad SMARTS) is 1. The second-order valence-electron chi connectivity index (χ2n) is 3.76. The summed E-state index contributed by atoms with van der Waals surface area (Å²) in [6.45, 7) is 0.451. The largest absolute Gasteiger partial charge is 0.478 e. The third kappa shape index (κ3) is 3.25. The summed E-state index contributed by atoms with van der Waals surface area (Å²) in [4.78, 5) is 11.6. The van der Waals surface area contributed by atoms with Gasteiger partial charge in [-0.3, -0.25) is 0 Å². The molecule has 4 nitrogen and oxygen atoms in total. The maximum absolute atomic E-state index is 10.8. The van der Waals surface area contributed by atoms with Crippen LogP contribution in [-0.4, -0.2) is 11.1 Å². The molecule has 0 fully saturated rings. The van der Waals surface area contributed by atoms with E-state index in [1.807, 2.05) is 0 Å². The van der Waals surface area contributed by atoms with E-state index >= 15 is 0 Å². The summed E-state index contributed by atoms with van der Waals surface area (Å²) in [5, 5.41) is 23.0. The number of rotatable bonds is 4. The van der Waals surface area contributed by atoms with Crippen LogP contribution in [0.15, 0.2) is 29.6 Å². The van der Waals surface area contributed by atoms with Gasteiger partial charge >= 0.3 is 5.97 Å². The Morgan fingerprint density at radius 3 is 2.89 bits per heavy atom. The first-order valence-corrected chi connectivity index (χ1v) is 6.60. The SMILES string of the molecule is N#Cc1ccc(Cl)cc1NCc1cc(C(=O)O)cs1. The van der Waals surface area contributed by atoms with E-state index in [1.165, 1.54) is 11.3 Å². The fourth-order valence-electron chi connectivity index (χ4n) is 1.53. The number of benzene rings is 1. The molecule has 0 radical (unpaired) electrons. The molecule has 1 aromatic heterocycles. The van der Waals surface area contributed by atoms with Gasteiger partial charge in [-0.25, -0.2) is 4.79 Å². The molecule has 1 aromatic carbocycles. The molecule has 0 spiro atoms. The van der Waals surface area contributed by atoms with Crippen LogP contribution in [0.25, 0.3) is 0 Å². The summed E-state index contributed by atoms with van der Waals surface area (Å²) < 4.78 is 0. The highest BCUT2D eigenvalue weighted by molar-refractivity contribution is 7.10. The van der Waals surface area contributed by atoms with Crippen molar-refractivity contribution >= 4 is 34.6 Å². The normalized spacial score (nSPS) is 9.89. The van der Waals surface area contributed by atoms with E-state index in [0.717, 1.165) is 4.88 Å². The van der Waals surface area contributed by atoms with Crippen LogP contribution in [0.4, 0.5) is 5.69 Å². The zero-order chi connectivity index (χ0) is 13.8. The molecule has 19 heavy (non-hydrogen) atoms. The molecule has 0 bridgehead atoms. The number of hydrogen-bond acceptors (Lipinski definition) is 4. The van der Waals surface area contributed by atoms with Gasteiger partial charge in [0, 0.05) is 21.8 Å². The maximum Gasteiger partial charge on any atom is 0.336 e. The molecule has 0 atom stereocenters. The number of carboxylic acids is 1. The fourth-order valence-corrected chi connectivity index (χ4v) is 2.50. The molecular weight excluding hydrogens is 284 g/mol. The Hall–Kier alpha value is -2.03. The summed E-state index contributed by atoms with van der Waals surface area (Å²) in [5.41, 5.74) is 1.41. The molecule has 0 saturated carbocycles. The Labute approximate surface area is 118 Å². The van der Waals surface area contributed by atoms with Gasteiger partial charge in [0.2, 0.25) is 0 Å². The predicted molar refractivity (Wildman–Crippen MR) is 74.8 cm³/mol. The van der Waals surface area contributed by atoms with E-state index in [9.17, 15) is 4.79 Å². The number of nitrogens with one attached hydrogen (secondary N) is 1. The summed E-state index contributed by atoms with van der Waals surface area (Å²) >= 11 is 7.23. The van der Waals surface area contributed by atoms with Crippen molar-refractivity contribution in [2.45, 2.75) is 6.54 Å². The molecule has 1 heterocycles. The van der Waals surface area contributed by atoms with Crippen LogP contribution in [0.3, 0.4) is 0 Å². The molecule has 0 aliphatic heterocycles. The van der Waals surface area contributed by atoms with Gasteiger partial charge in [-0.1, -0.05) is 11.6 Å². The molecule has 2 rings (SSSR count). The van der Waals surface area contributed by atoms with E-state index in [1.54, 1.807) is 29.6 Å².